The second kappa shape index (κ2) is 5.75. The summed E-state index contributed by atoms with van der Waals surface area (Å²) in [5.74, 6) is -2.75. The van der Waals surface area contributed by atoms with E-state index in [0.717, 1.165) is 0 Å². The molecule has 0 aliphatic heterocycles. The Morgan fingerprint density at radius 2 is 2.10 bits per heavy atom. The smallest absolute Gasteiger partial charge is 0.326 e. The fourth-order valence-corrected chi connectivity index (χ4v) is 2.50. The molecule has 1 heterocycles. The first-order valence-corrected chi connectivity index (χ1v) is 6.66. The molecule has 1 aromatic carbocycles. The van der Waals surface area contributed by atoms with Crippen molar-refractivity contribution in [2.75, 3.05) is 5.73 Å². The van der Waals surface area contributed by atoms with Gasteiger partial charge in [-0.15, -0.1) is 0 Å². The van der Waals surface area contributed by atoms with Gasteiger partial charge in [0.2, 0.25) is 5.91 Å². The number of carboxylic acid groups (broad SMARTS) is 1. The summed E-state index contributed by atoms with van der Waals surface area (Å²) >= 11 is 1.22. The third-order valence-corrected chi connectivity index (χ3v) is 3.52. The molecule has 0 aliphatic rings. The lowest BCUT2D eigenvalue weighted by Gasteiger charge is -2.12. The highest BCUT2D eigenvalue weighted by Crippen LogP contribution is 2.24. The number of carbonyl (C=O) groups excluding carboxylic acids is 2. The molecule has 0 spiro atoms. The van der Waals surface area contributed by atoms with Gasteiger partial charge in [-0.25, -0.2) is 9.78 Å². The van der Waals surface area contributed by atoms with Gasteiger partial charge < -0.3 is 21.9 Å². The van der Waals surface area contributed by atoms with Crippen molar-refractivity contribution in [2.45, 2.75) is 12.5 Å². The number of anilines is 1. The number of aromatic nitrogens is 1. The highest BCUT2D eigenvalue weighted by atomic mass is 32.1. The summed E-state index contributed by atoms with van der Waals surface area (Å²) in [7, 11) is 0. The summed E-state index contributed by atoms with van der Waals surface area (Å²) in [5.41, 5.74) is 11.4. The molecule has 0 saturated heterocycles. The van der Waals surface area contributed by atoms with Gasteiger partial charge in [0.05, 0.1) is 16.6 Å². The van der Waals surface area contributed by atoms with Crippen LogP contribution in [0.4, 0.5) is 5.13 Å². The number of primary amides is 1. The first-order chi connectivity index (χ1) is 9.86. The molecular weight excluding hydrogens is 296 g/mol. The highest BCUT2D eigenvalue weighted by molar-refractivity contribution is 7.22. The lowest BCUT2D eigenvalue weighted by atomic mass is 10.1. The quantitative estimate of drug-likeness (QED) is 0.608. The number of carboxylic acids is 1. The molecule has 0 saturated carbocycles. The Bertz CT molecular complexity index is 727. The maximum atomic E-state index is 12.0. The average Bonchev–Trinajstić information content (AvgIpc) is 2.76. The zero-order valence-electron chi connectivity index (χ0n) is 10.7. The normalized spacial score (nSPS) is 12.0. The van der Waals surface area contributed by atoms with Gasteiger partial charge in [-0.3, -0.25) is 9.59 Å². The Morgan fingerprint density at radius 1 is 1.38 bits per heavy atom. The third-order valence-electron chi connectivity index (χ3n) is 2.68. The van der Waals surface area contributed by atoms with Gasteiger partial charge in [-0.2, -0.15) is 0 Å². The monoisotopic (exact) mass is 308 g/mol. The molecule has 2 amide bonds. The fraction of sp³-hybridized carbons (Fsp3) is 0.167. The molecule has 9 heteroatoms. The number of benzene rings is 1. The number of hydrogen-bond acceptors (Lipinski definition) is 6. The molecule has 8 nitrogen and oxygen atoms in total. The summed E-state index contributed by atoms with van der Waals surface area (Å²) in [5, 5.41) is 11.6. The summed E-state index contributed by atoms with van der Waals surface area (Å²) in [4.78, 5) is 37.8. The third kappa shape index (κ3) is 3.45. The molecule has 2 rings (SSSR count). The predicted molar refractivity (Wildman–Crippen MR) is 76.7 cm³/mol. The largest absolute Gasteiger partial charge is 0.480 e. The fourth-order valence-electron chi connectivity index (χ4n) is 1.73. The number of carbonyl (C=O) groups is 3. The molecule has 1 atom stereocenters. The second-order valence-electron chi connectivity index (χ2n) is 4.27. The topological polar surface area (TPSA) is 148 Å². The Hall–Kier alpha value is -2.68. The standard InChI is InChI=1S/C12H12N4O4S/c13-9(17)4-7(11(19)20)15-10(18)5-1-2-6-8(3-5)21-12(14)16-6/h1-3,7H,4H2,(H2,13,17)(H2,14,16)(H,15,18)(H,19,20). The molecule has 0 fully saturated rings. The zero-order valence-corrected chi connectivity index (χ0v) is 11.5. The molecule has 0 aliphatic carbocycles. The lowest BCUT2D eigenvalue weighted by Crippen LogP contribution is -2.43. The second-order valence-corrected chi connectivity index (χ2v) is 5.33. The van der Waals surface area contributed by atoms with Crippen molar-refractivity contribution < 1.29 is 19.5 Å². The van der Waals surface area contributed by atoms with Crippen LogP contribution in [0.25, 0.3) is 10.2 Å². The van der Waals surface area contributed by atoms with Crippen molar-refractivity contribution in [1.29, 1.82) is 0 Å². The Morgan fingerprint density at radius 3 is 2.71 bits per heavy atom. The van der Waals surface area contributed by atoms with Crippen LogP contribution < -0.4 is 16.8 Å². The minimum atomic E-state index is -1.36. The first kappa shape index (κ1) is 14.7. The summed E-state index contributed by atoms with van der Waals surface area (Å²) in [6.45, 7) is 0. The molecule has 1 aromatic heterocycles. The lowest BCUT2D eigenvalue weighted by molar-refractivity contribution is -0.140. The van der Waals surface area contributed by atoms with E-state index in [0.29, 0.717) is 15.3 Å². The van der Waals surface area contributed by atoms with E-state index in [9.17, 15) is 14.4 Å². The maximum absolute atomic E-state index is 12.0. The number of amides is 2. The van der Waals surface area contributed by atoms with Crippen molar-refractivity contribution in [3.8, 4) is 0 Å². The minimum absolute atomic E-state index is 0.252. The van der Waals surface area contributed by atoms with Gasteiger partial charge in [0.25, 0.3) is 5.91 Å². The van der Waals surface area contributed by atoms with Crippen LogP contribution in [0.15, 0.2) is 18.2 Å². The Kier molecular flexibility index (Phi) is 4.03. The molecule has 0 bridgehead atoms. The van der Waals surface area contributed by atoms with Crippen LogP contribution in [0.3, 0.4) is 0 Å². The molecule has 21 heavy (non-hydrogen) atoms. The number of nitrogens with two attached hydrogens (primary N) is 2. The van der Waals surface area contributed by atoms with Crippen LogP contribution in [0, 0.1) is 0 Å². The van der Waals surface area contributed by atoms with Gasteiger partial charge in [0.15, 0.2) is 5.13 Å². The molecule has 2 aromatic rings. The number of hydrogen-bond donors (Lipinski definition) is 4. The number of nitrogens with zero attached hydrogens (tertiary/aromatic N) is 1. The van der Waals surface area contributed by atoms with Gasteiger partial charge in [-0.1, -0.05) is 11.3 Å². The Balaban J connectivity index is 2.20. The number of aliphatic carboxylic acids is 1. The number of fused-ring (bicyclic) bond motifs is 1. The maximum Gasteiger partial charge on any atom is 0.326 e. The van der Waals surface area contributed by atoms with Gasteiger partial charge >= 0.3 is 5.97 Å². The molecule has 0 radical (unpaired) electrons. The van der Waals surface area contributed by atoms with E-state index in [2.05, 4.69) is 10.3 Å². The summed E-state index contributed by atoms with van der Waals surface area (Å²) < 4.78 is 0.710. The van der Waals surface area contributed by atoms with Crippen LogP contribution in [-0.4, -0.2) is 33.9 Å². The van der Waals surface area contributed by atoms with E-state index in [-0.39, 0.29) is 5.56 Å². The SMILES string of the molecule is NC(=O)CC(NC(=O)c1ccc2nc(N)sc2c1)C(=O)O. The number of nitrogen functional groups attached to an aromatic ring is 1. The molecule has 110 valence electrons. The van der Waals surface area contributed by atoms with E-state index in [1.807, 2.05) is 0 Å². The number of rotatable bonds is 5. The summed E-state index contributed by atoms with van der Waals surface area (Å²) in [6.07, 6.45) is -0.475. The van der Waals surface area contributed by atoms with Crippen molar-refractivity contribution in [3.63, 3.8) is 0 Å². The molecule has 6 N–H and O–H groups in total. The molecule has 1 unspecified atom stereocenters. The highest BCUT2D eigenvalue weighted by Gasteiger charge is 2.22. The average molecular weight is 308 g/mol. The van der Waals surface area contributed by atoms with E-state index in [4.69, 9.17) is 16.6 Å². The van der Waals surface area contributed by atoms with E-state index in [1.165, 1.54) is 17.4 Å². The van der Waals surface area contributed by atoms with Crippen molar-refractivity contribution in [2.24, 2.45) is 5.73 Å². The van der Waals surface area contributed by atoms with Crippen LogP contribution in [0.2, 0.25) is 0 Å². The van der Waals surface area contributed by atoms with Crippen LogP contribution >= 0.6 is 11.3 Å². The van der Waals surface area contributed by atoms with Gasteiger partial charge in [-0.05, 0) is 18.2 Å². The first-order valence-electron chi connectivity index (χ1n) is 5.85. The number of nitrogens with one attached hydrogen (secondary N) is 1. The Labute approximate surface area is 122 Å². The minimum Gasteiger partial charge on any atom is -0.480 e. The zero-order chi connectivity index (χ0) is 15.6. The van der Waals surface area contributed by atoms with Crippen molar-refractivity contribution >= 4 is 44.5 Å². The van der Waals surface area contributed by atoms with Crippen LogP contribution in [0.1, 0.15) is 16.8 Å². The molecular formula is C12H12N4O4S. The van der Waals surface area contributed by atoms with E-state index < -0.39 is 30.2 Å². The predicted octanol–water partition coefficient (Wildman–Crippen LogP) is -0.0631. The van der Waals surface area contributed by atoms with E-state index in [1.54, 1.807) is 12.1 Å². The van der Waals surface area contributed by atoms with Gasteiger partial charge in [0, 0.05) is 5.56 Å². The summed E-state index contributed by atoms with van der Waals surface area (Å²) in [6, 6.07) is 3.31. The van der Waals surface area contributed by atoms with E-state index >= 15 is 0 Å². The van der Waals surface area contributed by atoms with Crippen molar-refractivity contribution in [3.05, 3.63) is 23.8 Å². The van der Waals surface area contributed by atoms with Crippen LogP contribution in [-0.2, 0) is 9.59 Å². The van der Waals surface area contributed by atoms with Gasteiger partial charge in [0.1, 0.15) is 6.04 Å². The van der Waals surface area contributed by atoms with Crippen LogP contribution in [0.5, 0.6) is 0 Å². The number of thiazole rings is 1. The van der Waals surface area contributed by atoms with Crippen molar-refractivity contribution in [1.82, 2.24) is 10.3 Å².